The highest BCUT2D eigenvalue weighted by Gasteiger charge is 2.34. The highest BCUT2D eigenvalue weighted by molar-refractivity contribution is 6.30. The minimum atomic E-state index is -0.901. The van der Waals surface area contributed by atoms with Crippen molar-refractivity contribution in [2.75, 3.05) is 19.1 Å². The van der Waals surface area contributed by atoms with Crippen LogP contribution in [0.15, 0.2) is 36.4 Å². The molecule has 5 rings (SSSR count). The number of carbonyl (C=O) groups is 2. The zero-order chi connectivity index (χ0) is 27.0. The van der Waals surface area contributed by atoms with Crippen LogP contribution in [0.1, 0.15) is 67.9 Å². The molecule has 8 nitrogen and oxygen atoms in total. The first-order valence-electron chi connectivity index (χ1n) is 13.2. The molecule has 0 spiro atoms. The summed E-state index contributed by atoms with van der Waals surface area (Å²) >= 11 is 6.07. The van der Waals surface area contributed by atoms with Crippen molar-refractivity contribution in [2.45, 2.75) is 76.0 Å². The highest BCUT2D eigenvalue weighted by Crippen LogP contribution is 2.40. The molecule has 0 saturated heterocycles. The molecule has 1 aromatic heterocycles. The summed E-state index contributed by atoms with van der Waals surface area (Å²) in [4.78, 5) is 31.9. The first-order valence-corrected chi connectivity index (χ1v) is 13.6. The van der Waals surface area contributed by atoms with Crippen LogP contribution in [0.4, 0.5) is 10.5 Å². The molecule has 0 unspecified atom stereocenters. The monoisotopic (exact) mass is 539 g/mol. The van der Waals surface area contributed by atoms with Gasteiger partial charge in [0, 0.05) is 36.2 Å². The van der Waals surface area contributed by atoms with Gasteiger partial charge in [-0.05, 0) is 75.3 Å². The Morgan fingerprint density at radius 2 is 1.79 bits per heavy atom. The normalized spacial score (nSPS) is 22.2. The van der Waals surface area contributed by atoms with Gasteiger partial charge in [-0.25, -0.2) is 9.78 Å². The topological polar surface area (TPSA) is 93.9 Å². The molecule has 2 aromatic carbocycles. The van der Waals surface area contributed by atoms with Crippen LogP contribution in [0.5, 0.6) is 0 Å². The summed E-state index contributed by atoms with van der Waals surface area (Å²) in [5, 5.41) is 10.8. The van der Waals surface area contributed by atoms with Crippen LogP contribution in [0.25, 0.3) is 11.0 Å². The number of imidazole rings is 1. The molecule has 0 bridgehead atoms. The highest BCUT2D eigenvalue weighted by atomic mass is 35.5. The maximum absolute atomic E-state index is 12.6. The van der Waals surface area contributed by atoms with E-state index in [9.17, 15) is 14.7 Å². The molecular formula is C29H34ClN3O5. The molecule has 202 valence electrons. The van der Waals surface area contributed by atoms with E-state index < -0.39 is 11.9 Å². The van der Waals surface area contributed by atoms with Gasteiger partial charge < -0.3 is 19.1 Å². The number of rotatable bonds is 6. The molecule has 3 aromatic rings. The average Bonchev–Trinajstić information content (AvgIpc) is 3.30. The van der Waals surface area contributed by atoms with Crippen molar-refractivity contribution in [3.05, 3.63) is 58.4 Å². The number of nitrogens with zero attached hydrogens (tertiary/aromatic N) is 3. The van der Waals surface area contributed by atoms with E-state index in [-0.39, 0.29) is 30.7 Å². The van der Waals surface area contributed by atoms with E-state index in [4.69, 9.17) is 26.1 Å². The maximum Gasteiger partial charge on any atom is 0.414 e. The zero-order valence-electron chi connectivity index (χ0n) is 22.0. The van der Waals surface area contributed by atoms with Gasteiger partial charge in [-0.1, -0.05) is 23.7 Å². The van der Waals surface area contributed by atoms with Crippen LogP contribution in [0.3, 0.4) is 0 Å². The number of carbonyl (C=O) groups excluding carboxylic acids is 1. The number of aliphatic carboxylic acids is 1. The summed E-state index contributed by atoms with van der Waals surface area (Å²) < 4.78 is 12.9. The lowest BCUT2D eigenvalue weighted by molar-refractivity contribution is -0.138. The van der Waals surface area contributed by atoms with Crippen LogP contribution < -0.4 is 4.90 Å². The summed E-state index contributed by atoms with van der Waals surface area (Å²) in [5.74, 6) is -0.915. The number of carboxylic acids is 1. The van der Waals surface area contributed by atoms with Crippen molar-refractivity contribution in [1.29, 1.82) is 0 Å². The fourth-order valence-electron chi connectivity index (χ4n) is 6.14. The van der Waals surface area contributed by atoms with Crippen LogP contribution in [-0.4, -0.2) is 53.1 Å². The lowest BCUT2D eigenvalue weighted by Gasteiger charge is -2.34. The first kappa shape index (κ1) is 26.5. The lowest BCUT2D eigenvalue weighted by atomic mass is 9.91. The number of fused-ring (bicyclic) bond motifs is 3. The molecule has 38 heavy (non-hydrogen) atoms. The fourth-order valence-corrected chi connectivity index (χ4v) is 6.26. The molecule has 1 amide bonds. The van der Waals surface area contributed by atoms with Gasteiger partial charge >= 0.3 is 12.1 Å². The Bertz CT molecular complexity index is 1330. The van der Waals surface area contributed by atoms with E-state index in [1.54, 1.807) is 36.3 Å². The number of benzene rings is 2. The van der Waals surface area contributed by atoms with Crippen molar-refractivity contribution >= 4 is 40.4 Å². The Morgan fingerprint density at radius 3 is 2.42 bits per heavy atom. The van der Waals surface area contributed by atoms with Crippen molar-refractivity contribution in [2.24, 2.45) is 0 Å². The van der Waals surface area contributed by atoms with Gasteiger partial charge in [0.05, 0.1) is 35.9 Å². The van der Waals surface area contributed by atoms with Crippen LogP contribution in [-0.2, 0) is 27.1 Å². The second kappa shape index (κ2) is 10.9. The maximum atomic E-state index is 12.6. The predicted molar refractivity (Wildman–Crippen MR) is 146 cm³/mol. The average molecular weight is 540 g/mol. The van der Waals surface area contributed by atoms with Crippen molar-refractivity contribution < 1.29 is 24.2 Å². The van der Waals surface area contributed by atoms with Crippen molar-refractivity contribution in [3.63, 3.8) is 0 Å². The molecule has 2 heterocycles. The smallest absolute Gasteiger partial charge is 0.414 e. The number of ether oxygens (including phenoxy) is 2. The number of aryl methyl sites for hydroxylation is 1. The molecule has 1 fully saturated rings. The first-order chi connectivity index (χ1) is 18.3. The number of aromatic nitrogens is 2. The van der Waals surface area contributed by atoms with Crippen LogP contribution in [0.2, 0.25) is 5.02 Å². The molecular weight excluding hydrogens is 506 g/mol. The van der Waals surface area contributed by atoms with Crippen molar-refractivity contribution in [3.8, 4) is 0 Å². The third-order valence-corrected chi connectivity index (χ3v) is 8.45. The molecule has 0 radical (unpaired) electrons. The Kier molecular flexibility index (Phi) is 7.63. The Balaban J connectivity index is 1.63. The summed E-state index contributed by atoms with van der Waals surface area (Å²) in [6.07, 6.45) is 5.44. The number of halogens is 1. The van der Waals surface area contributed by atoms with E-state index in [0.717, 1.165) is 66.6 Å². The van der Waals surface area contributed by atoms with Crippen LogP contribution >= 0.6 is 11.6 Å². The molecule has 1 aliphatic heterocycles. The Morgan fingerprint density at radius 1 is 1.08 bits per heavy atom. The third-order valence-electron chi connectivity index (χ3n) is 8.20. The standard InChI is InChI=1S/C29H34ClN3O5/c1-17-4-13-22-24(32(17)29(36)38-3)14-15-25-27(22)31-26(33(25)20-9-11-21(37-2)12-10-20)16-23(28(34)35)18-5-7-19(30)8-6-18/h5-8,14-15,17,20-21,23H,4,9-13,16H2,1-3H3,(H,34,35)/t17-,20?,21?,23+/m0/s1. The third kappa shape index (κ3) is 4.87. The van der Waals surface area contributed by atoms with Gasteiger partial charge in [-0.15, -0.1) is 0 Å². The van der Waals surface area contributed by atoms with Gasteiger partial charge in [0.2, 0.25) is 0 Å². The lowest BCUT2D eigenvalue weighted by Crippen LogP contribution is -2.42. The number of methoxy groups -OCH3 is 2. The summed E-state index contributed by atoms with van der Waals surface area (Å²) in [7, 11) is 3.15. The number of hydrogen-bond donors (Lipinski definition) is 1. The minimum Gasteiger partial charge on any atom is -0.481 e. The summed E-state index contributed by atoms with van der Waals surface area (Å²) in [5.41, 5.74) is 4.34. The Hall–Kier alpha value is -3.10. The van der Waals surface area contributed by atoms with Crippen LogP contribution in [0, 0.1) is 0 Å². The van der Waals surface area contributed by atoms with Gasteiger partial charge in [-0.2, -0.15) is 0 Å². The molecule has 2 aliphatic rings. The van der Waals surface area contributed by atoms with Gasteiger partial charge in [0.1, 0.15) is 5.82 Å². The second-order valence-electron chi connectivity index (χ2n) is 10.4. The molecule has 9 heteroatoms. The fraction of sp³-hybridized carbons (Fsp3) is 0.483. The Labute approximate surface area is 227 Å². The predicted octanol–water partition coefficient (Wildman–Crippen LogP) is 6.14. The van der Waals surface area contributed by atoms with Crippen molar-refractivity contribution in [1.82, 2.24) is 9.55 Å². The van der Waals surface area contributed by atoms with E-state index in [1.165, 1.54) is 7.11 Å². The van der Waals surface area contributed by atoms with Gasteiger partial charge in [-0.3, -0.25) is 9.69 Å². The molecule has 1 saturated carbocycles. The molecule has 1 aliphatic carbocycles. The van der Waals surface area contributed by atoms with E-state index in [2.05, 4.69) is 4.57 Å². The van der Waals surface area contributed by atoms with E-state index in [0.29, 0.717) is 10.6 Å². The number of anilines is 1. The SMILES string of the molecule is COC(=O)N1c2ccc3c(nc(C[C@@H](C(=O)O)c4ccc(Cl)cc4)n3C3CCC(OC)CC3)c2CC[C@@H]1C. The molecule has 1 N–H and O–H groups in total. The zero-order valence-corrected chi connectivity index (χ0v) is 22.8. The second-order valence-corrected chi connectivity index (χ2v) is 10.8. The quantitative estimate of drug-likeness (QED) is 0.404. The number of carboxylic acid groups (broad SMARTS) is 1. The van der Waals surface area contributed by atoms with E-state index in [1.807, 2.05) is 19.1 Å². The minimum absolute atomic E-state index is 0.0135. The largest absolute Gasteiger partial charge is 0.481 e. The molecule has 2 atom stereocenters. The van der Waals surface area contributed by atoms with E-state index >= 15 is 0 Å². The van der Waals surface area contributed by atoms with Gasteiger partial charge in [0.15, 0.2) is 0 Å². The summed E-state index contributed by atoms with van der Waals surface area (Å²) in [6.45, 7) is 2.02. The number of hydrogen-bond acceptors (Lipinski definition) is 5. The number of amides is 1. The van der Waals surface area contributed by atoms with Gasteiger partial charge in [0.25, 0.3) is 0 Å². The summed E-state index contributed by atoms with van der Waals surface area (Å²) in [6, 6.07) is 11.2.